The fraction of sp³-hybridized carbons (Fsp3) is 0.621. The highest BCUT2D eigenvalue weighted by Gasteiger charge is 2.42. The van der Waals surface area contributed by atoms with Gasteiger partial charge in [-0.1, -0.05) is 30.3 Å². The second-order valence-electron chi connectivity index (χ2n) is 11.4. The van der Waals surface area contributed by atoms with Crippen LogP contribution in [0.4, 0.5) is 9.59 Å². The number of likely N-dealkylation sites (tertiary alicyclic amines) is 1. The fourth-order valence-electron chi connectivity index (χ4n) is 4.58. The van der Waals surface area contributed by atoms with Crippen LogP contribution in [0, 0.1) is 5.92 Å². The van der Waals surface area contributed by atoms with Gasteiger partial charge in [0.25, 0.3) is 0 Å². The van der Waals surface area contributed by atoms with Crippen LogP contribution in [-0.4, -0.2) is 78.8 Å². The van der Waals surface area contributed by atoms with Crippen LogP contribution in [0.3, 0.4) is 0 Å². The predicted molar refractivity (Wildman–Crippen MR) is 148 cm³/mol. The highest BCUT2D eigenvalue weighted by molar-refractivity contribution is 5.93. The van der Waals surface area contributed by atoms with Crippen LogP contribution < -0.4 is 16.0 Å². The Kier molecular flexibility index (Phi) is 11.4. The van der Waals surface area contributed by atoms with E-state index < -0.39 is 53.7 Å². The smallest absolute Gasteiger partial charge is 0.410 e. The Labute approximate surface area is 240 Å². The van der Waals surface area contributed by atoms with E-state index in [4.69, 9.17) is 14.2 Å². The quantitative estimate of drug-likeness (QED) is 0.196. The fourth-order valence-corrected chi connectivity index (χ4v) is 4.58. The Morgan fingerprint density at radius 1 is 1.02 bits per heavy atom. The van der Waals surface area contributed by atoms with E-state index in [1.807, 2.05) is 30.3 Å². The van der Waals surface area contributed by atoms with Gasteiger partial charge in [0.2, 0.25) is 11.8 Å². The van der Waals surface area contributed by atoms with Gasteiger partial charge in [-0.2, -0.15) is 0 Å². The molecule has 3 atom stereocenters. The summed E-state index contributed by atoms with van der Waals surface area (Å²) in [5.41, 5.74) is 0.164. The van der Waals surface area contributed by atoms with Crippen LogP contribution >= 0.6 is 0 Å². The number of esters is 1. The molecule has 12 nitrogen and oxygen atoms in total. The van der Waals surface area contributed by atoms with Crippen LogP contribution in [-0.2, 0) is 35.2 Å². The molecule has 0 aromatic heterocycles. The molecule has 1 saturated carbocycles. The van der Waals surface area contributed by atoms with Gasteiger partial charge in [-0.25, -0.2) is 14.4 Å². The first-order chi connectivity index (χ1) is 19.5. The molecule has 1 saturated heterocycles. The van der Waals surface area contributed by atoms with Gasteiger partial charge in [-0.3, -0.25) is 14.5 Å². The third kappa shape index (κ3) is 10.3. The molecule has 12 heteroatoms. The zero-order valence-electron chi connectivity index (χ0n) is 24.3. The van der Waals surface area contributed by atoms with E-state index in [-0.39, 0.29) is 25.5 Å². The number of methoxy groups -OCH3 is 1. The maximum atomic E-state index is 13.2. The number of rotatable bonds is 12. The SMILES string of the molecule is COC(=O)[C@H](CCCNC(=O)OCc1ccccc1)NC(=O)[C@@H](NC(=O)C1CCCN1C(=O)OC(C)(C)C)C1CC1. The van der Waals surface area contributed by atoms with Gasteiger partial charge >= 0.3 is 18.2 Å². The maximum Gasteiger partial charge on any atom is 0.410 e. The molecule has 2 fully saturated rings. The summed E-state index contributed by atoms with van der Waals surface area (Å²) in [6.07, 6.45) is 2.06. The Morgan fingerprint density at radius 3 is 2.37 bits per heavy atom. The molecule has 3 N–H and O–H groups in total. The van der Waals surface area contributed by atoms with Crippen LogP contribution in [0.25, 0.3) is 0 Å². The minimum atomic E-state index is -0.961. The molecular formula is C29H42N4O8. The summed E-state index contributed by atoms with van der Waals surface area (Å²) in [5, 5.41) is 8.15. The second-order valence-corrected chi connectivity index (χ2v) is 11.4. The minimum Gasteiger partial charge on any atom is -0.467 e. The molecule has 1 unspecified atom stereocenters. The monoisotopic (exact) mass is 574 g/mol. The van der Waals surface area contributed by atoms with Crippen molar-refractivity contribution in [3.63, 3.8) is 0 Å². The van der Waals surface area contributed by atoms with E-state index in [1.54, 1.807) is 20.8 Å². The van der Waals surface area contributed by atoms with Crippen molar-refractivity contribution >= 4 is 30.0 Å². The molecule has 1 aliphatic carbocycles. The molecule has 41 heavy (non-hydrogen) atoms. The summed E-state index contributed by atoms with van der Waals surface area (Å²) in [4.78, 5) is 64.8. The summed E-state index contributed by atoms with van der Waals surface area (Å²) in [5.74, 6) is -1.60. The standard InChI is InChI=1S/C29H42N4O8/c1-29(2,3)41-28(38)33-17-9-13-22(33)24(34)32-23(20-14-15-20)25(35)31-21(26(36)39-4)12-8-16-30-27(37)40-18-19-10-6-5-7-11-19/h5-7,10-11,20-23H,8-9,12-18H2,1-4H3,(H,30,37)(H,31,35)(H,32,34)/t21-,22?,23-/m0/s1. The molecule has 3 rings (SSSR count). The van der Waals surface area contributed by atoms with Crippen molar-refractivity contribution in [2.45, 2.75) is 89.6 Å². The zero-order chi connectivity index (χ0) is 30.0. The lowest BCUT2D eigenvalue weighted by Gasteiger charge is -2.29. The molecule has 1 aromatic rings. The number of carbonyl (C=O) groups excluding carboxylic acids is 5. The van der Waals surface area contributed by atoms with E-state index in [9.17, 15) is 24.0 Å². The molecule has 0 bridgehead atoms. The number of amides is 4. The molecular weight excluding hydrogens is 532 g/mol. The van der Waals surface area contributed by atoms with Crippen molar-refractivity contribution in [3.05, 3.63) is 35.9 Å². The largest absolute Gasteiger partial charge is 0.467 e. The number of nitrogens with zero attached hydrogens (tertiary/aromatic N) is 1. The first-order valence-electron chi connectivity index (χ1n) is 14.1. The Hall–Kier alpha value is -3.83. The third-order valence-corrected chi connectivity index (χ3v) is 6.81. The summed E-state index contributed by atoms with van der Waals surface area (Å²) < 4.78 is 15.5. The number of ether oxygens (including phenoxy) is 3. The van der Waals surface area contributed by atoms with Gasteiger partial charge in [-0.15, -0.1) is 0 Å². The van der Waals surface area contributed by atoms with Gasteiger partial charge < -0.3 is 30.2 Å². The Balaban J connectivity index is 1.50. The molecule has 0 spiro atoms. The minimum absolute atomic E-state index is 0.0605. The van der Waals surface area contributed by atoms with Gasteiger partial charge in [0.1, 0.15) is 30.3 Å². The van der Waals surface area contributed by atoms with Gasteiger partial charge in [-0.05, 0) is 70.8 Å². The van der Waals surface area contributed by atoms with Crippen LogP contribution in [0.15, 0.2) is 30.3 Å². The zero-order valence-corrected chi connectivity index (χ0v) is 24.3. The number of hydrogen-bond acceptors (Lipinski definition) is 8. The Bertz CT molecular complexity index is 1070. The first-order valence-corrected chi connectivity index (χ1v) is 14.1. The summed E-state index contributed by atoms with van der Waals surface area (Å²) >= 11 is 0. The van der Waals surface area contributed by atoms with E-state index in [0.717, 1.165) is 18.4 Å². The van der Waals surface area contributed by atoms with Crippen molar-refractivity contribution in [1.82, 2.24) is 20.9 Å². The lowest BCUT2D eigenvalue weighted by Crippen LogP contribution is -2.56. The van der Waals surface area contributed by atoms with Crippen molar-refractivity contribution in [1.29, 1.82) is 0 Å². The highest BCUT2D eigenvalue weighted by atomic mass is 16.6. The van der Waals surface area contributed by atoms with E-state index in [1.165, 1.54) is 12.0 Å². The van der Waals surface area contributed by atoms with Crippen molar-refractivity contribution in [3.8, 4) is 0 Å². The second kappa shape index (κ2) is 14.7. The summed E-state index contributed by atoms with van der Waals surface area (Å²) in [6.45, 7) is 6.03. The van der Waals surface area contributed by atoms with Gasteiger partial charge in [0, 0.05) is 13.1 Å². The van der Waals surface area contributed by atoms with E-state index in [0.29, 0.717) is 25.8 Å². The van der Waals surface area contributed by atoms with Crippen molar-refractivity contribution in [2.24, 2.45) is 5.92 Å². The molecule has 1 aromatic carbocycles. The van der Waals surface area contributed by atoms with Gasteiger partial charge in [0.05, 0.1) is 7.11 Å². The molecule has 0 radical (unpaired) electrons. The maximum absolute atomic E-state index is 13.2. The average Bonchev–Trinajstić information content (AvgIpc) is 3.65. The Morgan fingerprint density at radius 2 is 1.73 bits per heavy atom. The van der Waals surface area contributed by atoms with Crippen LogP contribution in [0.1, 0.15) is 64.9 Å². The summed E-state index contributed by atoms with van der Waals surface area (Å²) in [6, 6.07) is 6.73. The number of benzene rings is 1. The highest BCUT2D eigenvalue weighted by Crippen LogP contribution is 2.33. The van der Waals surface area contributed by atoms with Gasteiger partial charge in [0.15, 0.2) is 0 Å². The lowest BCUT2D eigenvalue weighted by atomic mass is 10.1. The van der Waals surface area contributed by atoms with Crippen molar-refractivity contribution in [2.75, 3.05) is 20.2 Å². The topological polar surface area (TPSA) is 152 Å². The number of nitrogens with one attached hydrogen (secondary N) is 3. The van der Waals surface area contributed by atoms with Crippen LogP contribution in [0.2, 0.25) is 0 Å². The van der Waals surface area contributed by atoms with E-state index >= 15 is 0 Å². The number of carbonyl (C=O) groups is 5. The third-order valence-electron chi connectivity index (χ3n) is 6.81. The first kappa shape index (κ1) is 31.7. The molecule has 1 heterocycles. The summed E-state index contributed by atoms with van der Waals surface area (Å²) in [7, 11) is 1.23. The predicted octanol–water partition coefficient (Wildman–Crippen LogP) is 2.65. The number of alkyl carbamates (subject to hydrolysis) is 1. The van der Waals surface area contributed by atoms with E-state index in [2.05, 4.69) is 16.0 Å². The average molecular weight is 575 g/mol. The molecule has 1 aliphatic heterocycles. The number of hydrogen-bond donors (Lipinski definition) is 3. The molecule has 4 amide bonds. The lowest BCUT2D eigenvalue weighted by molar-refractivity contribution is -0.145. The molecule has 226 valence electrons. The van der Waals surface area contributed by atoms with Crippen LogP contribution in [0.5, 0.6) is 0 Å². The molecule has 2 aliphatic rings. The normalized spacial score (nSPS) is 18.0. The van der Waals surface area contributed by atoms with Crippen molar-refractivity contribution < 1.29 is 38.2 Å².